The van der Waals surface area contributed by atoms with E-state index in [4.69, 9.17) is 0 Å². The molecule has 1 amide bonds. The van der Waals surface area contributed by atoms with Gasteiger partial charge < -0.3 is 10.2 Å². The lowest BCUT2D eigenvalue weighted by Crippen LogP contribution is -2.38. The minimum absolute atomic E-state index is 0.00501. The van der Waals surface area contributed by atoms with Gasteiger partial charge in [-0.3, -0.25) is 4.79 Å². The van der Waals surface area contributed by atoms with E-state index in [9.17, 15) is 13.2 Å². The van der Waals surface area contributed by atoms with E-state index in [-0.39, 0.29) is 22.7 Å². The number of amides is 1. The van der Waals surface area contributed by atoms with Gasteiger partial charge in [0.05, 0.1) is 17.3 Å². The molecule has 0 unspecified atom stereocenters. The number of aryl methyl sites for hydroxylation is 1. The maximum absolute atomic E-state index is 11.9. The number of fused-ring (bicyclic) bond motifs is 1. The maximum atomic E-state index is 11.9. The van der Waals surface area contributed by atoms with Crippen molar-refractivity contribution >= 4 is 33.2 Å². The molecule has 0 bridgehead atoms. The highest BCUT2D eigenvalue weighted by Gasteiger charge is 2.28. The fraction of sp³-hybridized carbons (Fsp3) is 0.588. The number of hydrogen-bond acceptors (Lipinski definition) is 5. The molecule has 3 rings (SSSR count). The third kappa shape index (κ3) is 4.66. The Balaban J connectivity index is 1.38. The Kier molecular flexibility index (Phi) is 5.71. The van der Waals surface area contributed by atoms with Crippen LogP contribution in [0.2, 0.25) is 0 Å². The fourth-order valence-corrected chi connectivity index (χ4v) is 6.78. The predicted molar refractivity (Wildman–Crippen MR) is 99.5 cm³/mol. The third-order valence-electron chi connectivity index (χ3n) is 4.55. The van der Waals surface area contributed by atoms with E-state index in [0.717, 1.165) is 25.9 Å². The molecular weight excluding hydrogens is 344 g/mol. The molecule has 1 aromatic rings. The molecule has 5 nitrogen and oxygen atoms in total. The van der Waals surface area contributed by atoms with Crippen LogP contribution in [-0.4, -0.2) is 56.5 Å². The molecular formula is C17H24N2O3S2. The van der Waals surface area contributed by atoms with Crippen molar-refractivity contribution in [3.63, 3.8) is 0 Å². The van der Waals surface area contributed by atoms with Crippen molar-refractivity contribution < 1.29 is 13.2 Å². The van der Waals surface area contributed by atoms with E-state index in [1.807, 2.05) is 0 Å². The molecule has 2 aliphatic heterocycles. The zero-order chi connectivity index (χ0) is 17.0. The minimum Gasteiger partial charge on any atom is -0.370 e. The van der Waals surface area contributed by atoms with Gasteiger partial charge in [0.2, 0.25) is 5.91 Å². The Morgan fingerprint density at radius 1 is 1.33 bits per heavy atom. The molecule has 0 spiro atoms. The van der Waals surface area contributed by atoms with Crippen molar-refractivity contribution in [2.75, 3.05) is 41.8 Å². The van der Waals surface area contributed by atoms with Crippen LogP contribution in [0.5, 0.6) is 0 Å². The summed E-state index contributed by atoms with van der Waals surface area (Å²) in [6, 6.07) is 8.45. The summed E-state index contributed by atoms with van der Waals surface area (Å²) in [5.74, 6) is 0.821. The van der Waals surface area contributed by atoms with Crippen LogP contribution in [0.15, 0.2) is 24.3 Å². The molecule has 0 aromatic heterocycles. The van der Waals surface area contributed by atoms with Crippen molar-refractivity contribution in [3.05, 3.63) is 29.8 Å². The number of carbonyl (C=O) groups is 1. The van der Waals surface area contributed by atoms with Gasteiger partial charge in [-0.15, -0.1) is 11.8 Å². The van der Waals surface area contributed by atoms with Crippen LogP contribution in [0, 0.1) is 0 Å². The second kappa shape index (κ2) is 7.78. The Morgan fingerprint density at radius 2 is 2.17 bits per heavy atom. The molecule has 0 radical (unpaired) electrons. The Hall–Kier alpha value is -1.21. The van der Waals surface area contributed by atoms with Crippen LogP contribution in [0.4, 0.5) is 5.69 Å². The topological polar surface area (TPSA) is 66.5 Å². The van der Waals surface area contributed by atoms with Gasteiger partial charge in [-0.25, -0.2) is 8.42 Å². The summed E-state index contributed by atoms with van der Waals surface area (Å²) < 4.78 is 22.8. The molecule has 1 atom stereocenters. The minimum atomic E-state index is -2.86. The lowest BCUT2D eigenvalue weighted by Gasteiger charge is -2.31. The lowest BCUT2D eigenvalue weighted by molar-refractivity contribution is -0.118. The molecule has 1 N–H and O–H groups in total. The van der Waals surface area contributed by atoms with Crippen molar-refractivity contribution in [2.45, 2.75) is 24.5 Å². The highest BCUT2D eigenvalue weighted by molar-refractivity contribution is 8.02. The molecule has 7 heteroatoms. The first-order chi connectivity index (χ1) is 11.5. The fourth-order valence-electron chi connectivity index (χ4n) is 3.31. The van der Waals surface area contributed by atoms with E-state index < -0.39 is 9.84 Å². The predicted octanol–water partition coefficient (Wildman–Crippen LogP) is 1.48. The maximum Gasteiger partial charge on any atom is 0.230 e. The highest BCUT2D eigenvalue weighted by Crippen LogP contribution is 2.26. The standard InChI is InChI=1S/C17H24N2O3S2/c20-17(12-23-15-7-11-24(21,22)13-15)18-8-10-19-9-3-5-14-4-1-2-6-16(14)19/h1-2,4,6,15H,3,5,7-13H2,(H,18,20)/t15-/m1/s1. The van der Waals surface area contributed by atoms with E-state index in [1.54, 1.807) is 0 Å². The number of carbonyl (C=O) groups excluding carboxylic acids is 1. The van der Waals surface area contributed by atoms with Crippen LogP contribution in [0.3, 0.4) is 0 Å². The van der Waals surface area contributed by atoms with E-state index in [2.05, 4.69) is 34.5 Å². The smallest absolute Gasteiger partial charge is 0.230 e. The Morgan fingerprint density at radius 3 is 2.96 bits per heavy atom. The number of nitrogens with one attached hydrogen (secondary N) is 1. The van der Waals surface area contributed by atoms with Crippen LogP contribution < -0.4 is 10.2 Å². The van der Waals surface area contributed by atoms with Gasteiger partial charge in [-0.2, -0.15) is 0 Å². The third-order valence-corrected chi connectivity index (χ3v) is 7.83. The quantitative estimate of drug-likeness (QED) is 0.824. The van der Waals surface area contributed by atoms with Gasteiger partial charge in [-0.1, -0.05) is 18.2 Å². The molecule has 1 saturated heterocycles. The molecule has 0 saturated carbocycles. The molecule has 24 heavy (non-hydrogen) atoms. The van der Waals surface area contributed by atoms with Crippen LogP contribution in [-0.2, 0) is 21.1 Å². The summed E-state index contributed by atoms with van der Waals surface area (Å²) in [6.07, 6.45) is 2.95. The lowest BCUT2D eigenvalue weighted by atomic mass is 10.0. The average Bonchev–Trinajstić information content (AvgIpc) is 2.92. The zero-order valence-electron chi connectivity index (χ0n) is 13.7. The Bertz CT molecular complexity index is 691. The molecule has 1 aromatic carbocycles. The number of hydrogen-bond donors (Lipinski definition) is 1. The van der Waals surface area contributed by atoms with Crippen LogP contribution >= 0.6 is 11.8 Å². The summed E-state index contributed by atoms with van der Waals surface area (Å²) in [4.78, 5) is 14.3. The summed E-state index contributed by atoms with van der Waals surface area (Å²) in [6.45, 7) is 2.46. The summed E-state index contributed by atoms with van der Waals surface area (Å²) in [5.41, 5.74) is 2.66. The summed E-state index contributed by atoms with van der Waals surface area (Å²) in [5, 5.41) is 3.03. The van der Waals surface area contributed by atoms with Crippen molar-refractivity contribution in [1.29, 1.82) is 0 Å². The number of anilines is 1. The van der Waals surface area contributed by atoms with Gasteiger partial charge in [0, 0.05) is 30.6 Å². The van der Waals surface area contributed by atoms with Crippen LogP contribution in [0.1, 0.15) is 18.4 Å². The average molecular weight is 369 g/mol. The van der Waals surface area contributed by atoms with Crippen molar-refractivity contribution in [1.82, 2.24) is 5.32 Å². The van der Waals surface area contributed by atoms with Gasteiger partial charge in [0.15, 0.2) is 9.84 Å². The normalized spacial score (nSPS) is 22.2. The number of benzene rings is 1. The first kappa shape index (κ1) is 17.6. The van der Waals surface area contributed by atoms with Crippen molar-refractivity contribution in [2.24, 2.45) is 0 Å². The van der Waals surface area contributed by atoms with Gasteiger partial charge in [0.25, 0.3) is 0 Å². The summed E-state index contributed by atoms with van der Waals surface area (Å²) in [7, 11) is -2.86. The number of sulfone groups is 1. The number of nitrogens with zero attached hydrogens (tertiary/aromatic N) is 1. The van der Waals surface area contributed by atoms with E-state index >= 15 is 0 Å². The van der Waals surface area contributed by atoms with E-state index in [1.165, 1.54) is 23.0 Å². The zero-order valence-corrected chi connectivity index (χ0v) is 15.4. The monoisotopic (exact) mass is 368 g/mol. The molecule has 2 aliphatic rings. The number of thioether (sulfide) groups is 1. The highest BCUT2D eigenvalue weighted by atomic mass is 32.2. The molecule has 132 valence electrons. The summed E-state index contributed by atoms with van der Waals surface area (Å²) >= 11 is 1.46. The van der Waals surface area contributed by atoms with Gasteiger partial charge >= 0.3 is 0 Å². The second-order valence-electron chi connectivity index (χ2n) is 6.41. The van der Waals surface area contributed by atoms with Gasteiger partial charge in [0.1, 0.15) is 0 Å². The van der Waals surface area contributed by atoms with Crippen LogP contribution in [0.25, 0.3) is 0 Å². The molecule has 1 fully saturated rings. The number of rotatable bonds is 6. The molecule has 0 aliphatic carbocycles. The largest absolute Gasteiger partial charge is 0.370 e. The molecule has 2 heterocycles. The first-order valence-electron chi connectivity index (χ1n) is 8.45. The van der Waals surface area contributed by atoms with E-state index in [0.29, 0.717) is 18.7 Å². The Labute approximate surface area is 148 Å². The van der Waals surface area contributed by atoms with Gasteiger partial charge in [-0.05, 0) is 30.9 Å². The first-order valence-corrected chi connectivity index (χ1v) is 11.3. The SMILES string of the molecule is O=C(CS[C@@H]1CCS(=O)(=O)C1)NCCN1CCCc2ccccc21. The number of para-hydroxylation sites is 1. The second-order valence-corrected chi connectivity index (χ2v) is 9.92. The van der Waals surface area contributed by atoms with Crippen molar-refractivity contribution in [3.8, 4) is 0 Å².